The summed E-state index contributed by atoms with van der Waals surface area (Å²) in [6.45, 7) is 5.72. The average Bonchev–Trinajstić information content (AvgIpc) is 3.16. The van der Waals surface area contributed by atoms with Crippen LogP contribution in [0.1, 0.15) is 19.5 Å². The third-order valence-corrected chi connectivity index (χ3v) is 4.85. The van der Waals surface area contributed by atoms with Crippen molar-refractivity contribution in [3.63, 3.8) is 0 Å². The highest BCUT2D eigenvalue weighted by atomic mass is 16.5. The number of carbonyl (C=O) groups excluding carboxylic acids is 1. The van der Waals surface area contributed by atoms with E-state index in [2.05, 4.69) is 29.0 Å². The summed E-state index contributed by atoms with van der Waals surface area (Å²) in [7, 11) is 0. The molecule has 2 heterocycles. The minimum absolute atomic E-state index is 0.125. The van der Waals surface area contributed by atoms with Gasteiger partial charge in [-0.1, -0.05) is 30.3 Å². The van der Waals surface area contributed by atoms with Crippen LogP contribution in [-0.4, -0.2) is 36.2 Å². The number of hydrogen-bond donors (Lipinski definition) is 1. The molecule has 0 bridgehead atoms. The first-order chi connectivity index (χ1) is 14.1. The molecule has 3 aromatic rings. The lowest BCUT2D eigenvalue weighted by molar-refractivity contribution is -0.115. The molecule has 2 aromatic carbocycles. The molecule has 1 aliphatic heterocycles. The van der Waals surface area contributed by atoms with Crippen molar-refractivity contribution in [3.8, 4) is 11.5 Å². The van der Waals surface area contributed by atoms with Gasteiger partial charge >= 0.3 is 0 Å². The molecule has 2 atom stereocenters. The summed E-state index contributed by atoms with van der Waals surface area (Å²) in [5, 5.41) is 3.03. The normalized spacial score (nSPS) is 19.2. The number of para-hydroxylation sites is 2. The molecule has 2 unspecified atom stereocenters. The first-order valence-corrected chi connectivity index (χ1v) is 9.87. The quantitative estimate of drug-likeness (QED) is 0.708. The van der Waals surface area contributed by atoms with E-state index < -0.39 is 0 Å². The Morgan fingerprint density at radius 1 is 1.07 bits per heavy atom. The van der Waals surface area contributed by atoms with Crippen LogP contribution in [0.25, 0.3) is 11.5 Å². The molecule has 6 heteroatoms. The van der Waals surface area contributed by atoms with Crippen molar-refractivity contribution in [2.45, 2.75) is 32.5 Å². The lowest BCUT2D eigenvalue weighted by Gasteiger charge is -2.37. The van der Waals surface area contributed by atoms with Gasteiger partial charge in [-0.15, -0.1) is 0 Å². The molecule has 6 nitrogen and oxygen atoms in total. The van der Waals surface area contributed by atoms with Crippen LogP contribution >= 0.6 is 0 Å². The van der Waals surface area contributed by atoms with Gasteiger partial charge in [0.1, 0.15) is 6.26 Å². The van der Waals surface area contributed by atoms with Crippen molar-refractivity contribution < 1.29 is 13.9 Å². The summed E-state index contributed by atoms with van der Waals surface area (Å²) < 4.78 is 11.4. The zero-order valence-corrected chi connectivity index (χ0v) is 16.7. The van der Waals surface area contributed by atoms with Crippen LogP contribution < -0.4 is 10.2 Å². The van der Waals surface area contributed by atoms with Crippen LogP contribution in [0.15, 0.2) is 65.3 Å². The van der Waals surface area contributed by atoms with Gasteiger partial charge in [0, 0.05) is 18.7 Å². The van der Waals surface area contributed by atoms with Crippen molar-refractivity contribution in [2.75, 3.05) is 23.3 Å². The SMILES string of the molecule is CC1CN(c2ccccc2NC(=O)Cc2coc(-c3ccccc3)n2)CC(C)O1. The molecule has 0 radical (unpaired) electrons. The average molecular weight is 391 g/mol. The number of rotatable bonds is 5. The van der Waals surface area contributed by atoms with Crippen molar-refractivity contribution in [3.05, 3.63) is 66.6 Å². The van der Waals surface area contributed by atoms with Gasteiger partial charge in [0.2, 0.25) is 11.8 Å². The van der Waals surface area contributed by atoms with E-state index in [1.165, 1.54) is 0 Å². The molecule has 4 rings (SSSR count). The number of aromatic nitrogens is 1. The van der Waals surface area contributed by atoms with E-state index in [0.717, 1.165) is 30.0 Å². The maximum absolute atomic E-state index is 12.7. The zero-order valence-electron chi connectivity index (χ0n) is 16.7. The topological polar surface area (TPSA) is 67.6 Å². The van der Waals surface area contributed by atoms with E-state index in [1.807, 2.05) is 54.6 Å². The highest BCUT2D eigenvalue weighted by Gasteiger charge is 2.24. The van der Waals surface area contributed by atoms with E-state index in [9.17, 15) is 4.79 Å². The zero-order chi connectivity index (χ0) is 20.2. The molecular formula is C23H25N3O3. The van der Waals surface area contributed by atoms with Crippen LogP contribution in [0, 0.1) is 0 Å². The second-order valence-electron chi connectivity index (χ2n) is 7.41. The van der Waals surface area contributed by atoms with E-state index in [-0.39, 0.29) is 24.5 Å². The maximum Gasteiger partial charge on any atom is 0.230 e. The number of ether oxygens (including phenoxy) is 1. The molecule has 1 saturated heterocycles. The fourth-order valence-corrected chi connectivity index (χ4v) is 3.69. The van der Waals surface area contributed by atoms with Crippen molar-refractivity contribution >= 4 is 17.3 Å². The molecule has 1 aromatic heterocycles. The van der Waals surface area contributed by atoms with Gasteiger partial charge in [0.05, 0.1) is 35.7 Å². The Labute approximate surface area is 170 Å². The van der Waals surface area contributed by atoms with Gasteiger partial charge in [-0.3, -0.25) is 4.79 Å². The Morgan fingerprint density at radius 3 is 2.52 bits per heavy atom. The van der Waals surface area contributed by atoms with E-state index in [1.54, 1.807) is 6.26 Å². The van der Waals surface area contributed by atoms with Crippen molar-refractivity contribution in [1.82, 2.24) is 4.98 Å². The van der Waals surface area contributed by atoms with Crippen LogP contribution in [-0.2, 0) is 16.0 Å². The molecule has 0 saturated carbocycles. The fraction of sp³-hybridized carbons (Fsp3) is 0.304. The summed E-state index contributed by atoms with van der Waals surface area (Å²) in [4.78, 5) is 19.4. The van der Waals surface area contributed by atoms with E-state index >= 15 is 0 Å². The van der Waals surface area contributed by atoms with Gasteiger partial charge in [-0.2, -0.15) is 0 Å². The van der Waals surface area contributed by atoms with Crippen LogP contribution in [0.5, 0.6) is 0 Å². The number of oxazole rings is 1. The number of morpholine rings is 1. The summed E-state index contributed by atoms with van der Waals surface area (Å²) in [5.41, 5.74) is 3.30. The van der Waals surface area contributed by atoms with Gasteiger partial charge in [-0.25, -0.2) is 4.98 Å². The Morgan fingerprint density at radius 2 is 1.76 bits per heavy atom. The lowest BCUT2D eigenvalue weighted by Crippen LogP contribution is -2.45. The number of hydrogen-bond acceptors (Lipinski definition) is 5. The molecule has 0 spiro atoms. The van der Waals surface area contributed by atoms with E-state index in [0.29, 0.717) is 11.6 Å². The smallest absolute Gasteiger partial charge is 0.230 e. The predicted molar refractivity (Wildman–Crippen MR) is 113 cm³/mol. The number of amides is 1. The summed E-state index contributed by atoms with van der Waals surface area (Å²) in [5.74, 6) is 0.393. The highest BCUT2D eigenvalue weighted by molar-refractivity contribution is 5.95. The molecule has 1 N–H and O–H groups in total. The lowest BCUT2D eigenvalue weighted by atomic mass is 10.1. The van der Waals surface area contributed by atoms with E-state index in [4.69, 9.17) is 9.15 Å². The van der Waals surface area contributed by atoms with Gasteiger partial charge < -0.3 is 19.4 Å². The number of benzene rings is 2. The number of anilines is 2. The predicted octanol–water partition coefficient (Wildman–Crippen LogP) is 4.14. The second kappa shape index (κ2) is 8.49. The Kier molecular flexibility index (Phi) is 5.62. The Bertz CT molecular complexity index is 960. The third kappa shape index (κ3) is 4.66. The van der Waals surface area contributed by atoms with Crippen molar-refractivity contribution in [1.29, 1.82) is 0 Å². The van der Waals surface area contributed by atoms with Crippen LogP contribution in [0.2, 0.25) is 0 Å². The molecule has 29 heavy (non-hydrogen) atoms. The number of nitrogens with zero attached hydrogens (tertiary/aromatic N) is 2. The summed E-state index contributed by atoms with van der Waals surface area (Å²) >= 11 is 0. The maximum atomic E-state index is 12.7. The minimum atomic E-state index is -0.125. The van der Waals surface area contributed by atoms with Crippen molar-refractivity contribution in [2.24, 2.45) is 0 Å². The molecule has 1 aliphatic rings. The first-order valence-electron chi connectivity index (χ1n) is 9.87. The molecule has 150 valence electrons. The second-order valence-corrected chi connectivity index (χ2v) is 7.41. The fourth-order valence-electron chi connectivity index (χ4n) is 3.69. The summed E-state index contributed by atoms with van der Waals surface area (Å²) in [6, 6.07) is 17.5. The first kappa shape index (κ1) is 19.2. The largest absolute Gasteiger partial charge is 0.444 e. The highest BCUT2D eigenvalue weighted by Crippen LogP contribution is 2.28. The van der Waals surface area contributed by atoms with Crippen LogP contribution in [0.3, 0.4) is 0 Å². The van der Waals surface area contributed by atoms with Gasteiger partial charge in [0.25, 0.3) is 0 Å². The standard InChI is InChI=1S/C23H25N3O3/c1-16-13-26(14-17(2)29-16)21-11-7-6-10-20(21)25-22(27)12-19-15-28-23(24-19)18-8-4-3-5-9-18/h3-11,15-17H,12-14H2,1-2H3,(H,25,27). The van der Waals surface area contributed by atoms with Gasteiger partial charge in [-0.05, 0) is 38.1 Å². The third-order valence-electron chi connectivity index (χ3n) is 4.85. The molecule has 1 fully saturated rings. The van der Waals surface area contributed by atoms with Crippen LogP contribution in [0.4, 0.5) is 11.4 Å². The minimum Gasteiger partial charge on any atom is -0.444 e. The molecule has 0 aliphatic carbocycles. The number of nitrogens with one attached hydrogen (secondary N) is 1. The monoisotopic (exact) mass is 391 g/mol. The molecular weight excluding hydrogens is 366 g/mol. The Balaban J connectivity index is 1.45. The number of carbonyl (C=O) groups is 1. The van der Waals surface area contributed by atoms with Gasteiger partial charge in [0.15, 0.2) is 0 Å². The molecule has 1 amide bonds. The summed E-state index contributed by atoms with van der Waals surface area (Å²) in [6.07, 6.45) is 1.99. The Hall–Kier alpha value is -3.12.